The quantitative estimate of drug-likeness (QED) is 0.861. The summed E-state index contributed by atoms with van der Waals surface area (Å²) in [6, 6.07) is 5.22. The normalized spacial score (nSPS) is 13.9. The Labute approximate surface area is 105 Å². The van der Waals surface area contributed by atoms with Gasteiger partial charge in [0.2, 0.25) is 0 Å². The number of aryl methyl sites for hydroxylation is 1. The molecular formula is C12H14Cl2FN. The standard InChI is InChI=1S/C12H14Cl2FN/c1-8-3-4-10(5-12(8)15)9(2)16-7-11(14)6-13/h3-6,9,16H,7H2,1-2H3. The molecule has 88 valence electrons. The van der Waals surface area contributed by atoms with E-state index in [0.717, 1.165) is 5.56 Å². The lowest BCUT2D eigenvalue weighted by atomic mass is 10.1. The van der Waals surface area contributed by atoms with Gasteiger partial charge in [0.1, 0.15) is 5.82 Å². The van der Waals surface area contributed by atoms with Crippen molar-refractivity contribution in [1.82, 2.24) is 5.32 Å². The summed E-state index contributed by atoms with van der Waals surface area (Å²) in [5, 5.41) is 3.67. The van der Waals surface area contributed by atoms with Crippen LogP contribution >= 0.6 is 23.2 Å². The maximum Gasteiger partial charge on any atom is 0.126 e. The second kappa shape index (κ2) is 6.24. The zero-order valence-corrected chi connectivity index (χ0v) is 10.7. The van der Waals surface area contributed by atoms with Crippen molar-refractivity contribution in [3.8, 4) is 0 Å². The first-order valence-electron chi connectivity index (χ1n) is 4.98. The van der Waals surface area contributed by atoms with Crippen LogP contribution in [0.3, 0.4) is 0 Å². The molecule has 0 aliphatic heterocycles. The van der Waals surface area contributed by atoms with Crippen molar-refractivity contribution in [3.63, 3.8) is 0 Å². The molecule has 0 radical (unpaired) electrons. The summed E-state index contributed by atoms with van der Waals surface area (Å²) in [5.41, 5.74) is 2.86. The Balaban J connectivity index is 2.66. The molecule has 0 aliphatic carbocycles. The molecule has 0 amide bonds. The molecule has 0 saturated heterocycles. The topological polar surface area (TPSA) is 12.0 Å². The molecule has 1 aromatic carbocycles. The molecule has 0 aliphatic rings. The number of benzene rings is 1. The Morgan fingerprint density at radius 1 is 1.56 bits per heavy atom. The van der Waals surface area contributed by atoms with Crippen LogP contribution in [0.15, 0.2) is 28.8 Å². The molecule has 1 nitrogen and oxygen atoms in total. The van der Waals surface area contributed by atoms with Crippen molar-refractivity contribution in [1.29, 1.82) is 0 Å². The average molecular weight is 262 g/mol. The second-order valence-electron chi connectivity index (χ2n) is 3.67. The smallest absolute Gasteiger partial charge is 0.126 e. The van der Waals surface area contributed by atoms with E-state index >= 15 is 0 Å². The van der Waals surface area contributed by atoms with Gasteiger partial charge in [-0.05, 0) is 31.0 Å². The SMILES string of the molecule is Cc1ccc(C(C)NCC(Cl)=CCl)cc1F. The van der Waals surface area contributed by atoms with E-state index in [1.165, 1.54) is 11.6 Å². The molecule has 1 unspecified atom stereocenters. The molecule has 16 heavy (non-hydrogen) atoms. The van der Waals surface area contributed by atoms with E-state index in [9.17, 15) is 4.39 Å². The number of hydrogen-bond acceptors (Lipinski definition) is 1. The predicted molar refractivity (Wildman–Crippen MR) is 67.3 cm³/mol. The van der Waals surface area contributed by atoms with E-state index in [2.05, 4.69) is 5.32 Å². The van der Waals surface area contributed by atoms with Crippen LogP contribution in [0.1, 0.15) is 24.1 Å². The highest BCUT2D eigenvalue weighted by atomic mass is 35.5. The fraction of sp³-hybridized carbons (Fsp3) is 0.333. The van der Waals surface area contributed by atoms with Gasteiger partial charge in [0.15, 0.2) is 0 Å². The molecule has 0 aromatic heterocycles. The molecule has 1 atom stereocenters. The van der Waals surface area contributed by atoms with Gasteiger partial charge in [-0.25, -0.2) is 4.39 Å². The zero-order chi connectivity index (χ0) is 12.1. The van der Waals surface area contributed by atoms with Crippen LogP contribution in [0.5, 0.6) is 0 Å². The lowest BCUT2D eigenvalue weighted by Crippen LogP contribution is -2.20. The van der Waals surface area contributed by atoms with Gasteiger partial charge in [-0.15, -0.1) is 0 Å². The fourth-order valence-electron chi connectivity index (χ4n) is 1.29. The van der Waals surface area contributed by atoms with Gasteiger partial charge in [0.25, 0.3) is 0 Å². The highest BCUT2D eigenvalue weighted by molar-refractivity contribution is 6.36. The summed E-state index contributed by atoms with van der Waals surface area (Å²) in [6.45, 7) is 4.16. The lowest BCUT2D eigenvalue weighted by Gasteiger charge is -2.14. The van der Waals surface area contributed by atoms with Crippen molar-refractivity contribution < 1.29 is 4.39 Å². The molecule has 0 saturated carbocycles. The second-order valence-corrected chi connectivity index (χ2v) is 4.37. The monoisotopic (exact) mass is 261 g/mol. The molecule has 1 rings (SSSR count). The maximum absolute atomic E-state index is 13.3. The maximum atomic E-state index is 13.3. The predicted octanol–water partition coefficient (Wildman–Crippen LogP) is 4.10. The summed E-state index contributed by atoms with van der Waals surface area (Å²) < 4.78 is 13.3. The van der Waals surface area contributed by atoms with Crippen LogP contribution in [0, 0.1) is 12.7 Å². The van der Waals surface area contributed by atoms with Gasteiger partial charge in [-0.2, -0.15) is 0 Å². The van der Waals surface area contributed by atoms with Crippen molar-refractivity contribution in [3.05, 3.63) is 45.7 Å². The minimum absolute atomic E-state index is 0.0282. The van der Waals surface area contributed by atoms with Gasteiger partial charge >= 0.3 is 0 Å². The summed E-state index contributed by atoms with van der Waals surface area (Å²) in [6.07, 6.45) is 0. The van der Waals surface area contributed by atoms with Crippen LogP contribution in [0.25, 0.3) is 0 Å². The van der Waals surface area contributed by atoms with Crippen LogP contribution in [0.4, 0.5) is 4.39 Å². The first-order chi connectivity index (χ1) is 7.54. The Morgan fingerprint density at radius 3 is 2.81 bits per heavy atom. The zero-order valence-electron chi connectivity index (χ0n) is 9.23. The molecule has 0 fully saturated rings. The van der Waals surface area contributed by atoms with Gasteiger partial charge in [0.05, 0.1) is 0 Å². The largest absolute Gasteiger partial charge is 0.305 e. The van der Waals surface area contributed by atoms with Crippen LogP contribution in [-0.4, -0.2) is 6.54 Å². The van der Waals surface area contributed by atoms with Gasteiger partial charge < -0.3 is 5.32 Å². The number of halogens is 3. The van der Waals surface area contributed by atoms with Crippen molar-refractivity contribution >= 4 is 23.2 Å². The molecule has 0 spiro atoms. The van der Waals surface area contributed by atoms with Crippen molar-refractivity contribution in [2.45, 2.75) is 19.9 Å². The van der Waals surface area contributed by atoms with Crippen molar-refractivity contribution in [2.24, 2.45) is 0 Å². The van der Waals surface area contributed by atoms with Crippen LogP contribution < -0.4 is 5.32 Å². The third-order valence-corrected chi connectivity index (χ3v) is 3.01. The highest BCUT2D eigenvalue weighted by Crippen LogP contribution is 2.16. The number of nitrogens with one attached hydrogen (secondary N) is 1. The van der Waals surface area contributed by atoms with Crippen LogP contribution in [-0.2, 0) is 0 Å². The molecule has 4 heteroatoms. The Kier molecular flexibility index (Phi) is 5.26. The van der Waals surface area contributed by atoms with Crippen molar-refractivity contribution in [2.75, 3.05) is 6.54 Å². The van der Waals surface area contributed by atoms with E-state index in [1.807, 2.05) is 13.0 Å². The fourth-order valence-corrected chi connectivity index (χ4v) is 1.44. The lowest BCUT2D eigenvalue weighted by molar-refractivity contribution is 0.588. The van der Waals surface area contributed by atoms with Gasteiger partial charge in [-0.3, -0.25) is 0 Å². The summed E-state index contributed by atoms with van der Waals surface area (Å²) in [7, 11) is 0. The van der Waals surface area contributed by atoms with E-state index in [0.29, 0.717) is 17.1 Å². The van der Waals surface area contributed by atoms with E-state index in [4.69, 9.17) is 23.2 Å². The Morgan fingerprint density at radius 2 is 2.25 bits per heavy atom. The third-order valence-electron chi connectivity index (χ3n) is 2.39. The summed E-state index contributed by atoms with van der Waals surface area (Å²) >= 11 is 11.2. The summed E-state index contributed by atoms with van der Waals surface area (Å²) in [4.78, 5) is 0. The molecule has 0 bridgehead atoms. The average Bonchev–Trinajstić information content (AvgIpc) is 2.29. The van der Waals surface area contributed by atoms with E-state index in [-0.39, 0.29) is 11.9 Å². The number of hydrogen-bond donors (Lipinski definition) is 1. The molecule has 1 N–H and O–H groups in total. The molecule has 1 aromatic rings. The Bertz CT molecular complexity index is 391. The molecule has 0 heterocycles. The highest BCUT2D eigenvalue weighted by Gasteiger charge is 2.07. The number of rotatable bonds is 4. The minimum Gasteiger partial charge on any atom is -0.305 e. The summed E-state index contributed by atoms with van der Waals surface area (Å²) in [5.74, 6) is -0.190. The Hall–Kier alpha value is -0.570. The first kappa shape index (κ1) is 13.5. The van der Waals surface area contributed by atoms with Crippen LogP contribution in [0.2, 0.25) is 0 Å². The van der Waals surface area contributed by atoms with Gasteiger partial charge in [-0.1, -0.05) is 35.3 Å². The first-order valence-corrected chi connectivity index (χ1v) is 5.80. The third kappa shape index (κ3) is 3.78. The van der Waals surface area contributed by atoms with Gasteiger partial charge in [0, 0.05) is 23.2 Å². The molecular weight excluding hydrogens is 248 g/mol. The van der Waals surface area contributed by atoms with E-state index in [1.54, 1.807) is 13.0 Å². The van der Waals surface area contributed by atoms with E-state index < -0.39 is 0 Å². The minimum atomic E-state index is -0.190.